The second-order valence-electron chi connectivity index (χ2n) is 3.58. The highest BCUT2D eigenvalue weighted by atomic mass is 16.5. The number of nitrogens with two attached hydrogens (primary N) is 1. The lowest BCUT2D eigenvalue weighted by Crippen LogP contribution is -2.20. The van der Waals surface area contributed by atoms with Gasteiger partial charge in [0.05, 0.1) is 25.2 Å². The molecule has 0 spiro atoms. The average molecular weight is 232 g/mol. The molecule has 5 heteroatoms. The number of benzene rings is 1. The van der Waals surface area contributed by atoms with Gasteiger partial charge in [-0.1, -0.05) is 0 Å². The van der Waals surface area contributed by atoms with Crippen LogP contribution in [-0.4, -0.2) is 16.2 Å². The van der Waals surface area contributed by atoms with Gasteiger partial charge >= 0.3 is 0 Å². The van der Waals surface area contributed by atoms with E-state index in [9.17, 15) is 0 Å². The predicted molar refractivity (Wildman–Crippen MR) is 65.8 cm³/mol. The third-order valence-corrected chi connectivity index (χ3v) is 2.37. The van der Waals surface area contributed by atoms with Crippen LogP contribution in [0.4, 0.5) is 0 Å². The van der Waals surface area contributed by atoms with Crippen molar-refractivity contribution in [2.45, 2.75) is 13.5 Å². The fourth-order valence-corrected chi connectivity index (χ4v) is 1.58. The Morgan fingerprint density at radius 2 is 2.12 bits per heavy atom. The van der Waals surface area contributed by atoms with E-state index in [1.54, 1.807) is 6.33 Å². The molecule has 0 bridgehead atoms. The zero-order valence-corrected chi connectivity index (χ0v) is 9.76. The summed E-state index contributed by atoms with van der Waals surface area (Å²) >= 11 is 0. The fraction of sp³-hybridized carbons (Fsp3) is 0.250. The summed E-state index contributed by atoms with van der Waals surface area (Å²) in [4.78, 5) is 4.23. The summed E-state index contributed by atoms with van der Waals surface area (Å²) in [6.45, 7) is 3.21. The molecule has 0 saturated heterocycles. The summed E-state index contributed by atoms with van der Waals surface area (Å²) in [6, 6.07) is 7.87. The van der Waals surface area contributed by atoms with Gasteiger partial charge in [-0.3, -0.25) is 11.3 Å². The van der Waals surface area contributed by atoms with E-state index < -0.39 is 0 Å². The second kappa shape index (κ2) is 5.47. The summed E-state index contributed by atoms with van der Waals surface area (Å²) in [5.41, 5.74) is 4.53. The average Bonchev–Trinajstić information content (AvgIpc) is 2.80. The molecule has 3 N–H and O–H groups in total. The normalized spacial score (nSPS) is 10.5. The van der Waals surface area contributed by atoms with Crippen molar-refractivity contribution in [3.63, 3.8) is 0 Å². The predicted octanol–water partition coefficient (Wildman–Crippen LogP) is 1.23. The van der Waals surface area contributed by atoms with Crippen molar-refractivity contribution in [1.82, 2.24) is 15.0 Å². The highest BCUT2D eigenvalue weighted by molar-refractivity contribution is 5.37. The van der Waals surface area contributed by atoms with Gasteiger partial charge in [0.1, 0.15) is 5.75 Å². The minimum absolute atomic E-state index is 0.560. The lowest BCUT2D eigenvalue weighted by Gasteiger charge is -2.05. The maximum atomic E-state index is 5.39. The monoisotopic (exact) mass is 232 g/mol. The van der Waals surface area contributed by atoms with Crippen LogP contribution in [0.3, 0.4) is 0 Å². The Balaban J connectivity index is 2.15. The summed E-state index contributed by atoms with van der Waals surface area (Å²) < 4.78 is 7.34. The molecule has 0 saturated carbocycles. The van der Waals surface area contributed by atoms with Crippen molar-refractivity contribution in [2.75, 3.05) is 6.61 Å². The van der Waals surface area contributed by atoms with Crippen molar-refractivity contribution >= 4 is 0 Å². The molecule has 90 valence electrons. The molecule has 1 aromatic heterocycles. The Hall–Kier alpha value is -1.85. The first-order valence-electron chi connectivity index (χ1n) is 5.53. The first-order chi connectivity index (χ1) is 8.33. The van der Waals surface area contributed by atoms with Crippen LogP contribution in [0.25, 0.3) is 5.69 Å². The van der Waals surface area contributed by atoms with E-state index in [0.29, 0.717) is 13.2 Å². The molecule has 0 aliphatic carbocycles. The third kappa shape index (κ3) is 2.83. The molecular formula is C12H16N4O. The molecule has 0 amide bonds. The van der Waals surface area contributed by atoms with Gasteiger partial charge in [0.15, 0.2) is 0 Å². The van der Waals surface area contributed by atoms with Gasteiger partial charge in [-0.05, 0) is 31.2 Å². The van der Waals surface area contributed by atoms with E-state index >= 15 is 0 Å². The zero-order valence-electron chi connectivity index (χ0n) is 9.76. The molecule has 1 heterocycles. The Morgan fingerprint density at radius 3 is 2.76 bits per heavy atom. The van der Waals surface area contributed by atoms with Crippen molar-refractivity contribution in [3.8, 4) is 11.4 Å². The number of nitrogens with one attached hydrogen (secondary N) is 1. The number of aromatic nitrogens is 2. The van der Waals surface area contributed by atoms with Crippen LogP contribution >= 0.6 is 0 Å². The highest BCUT2D eigenvalue weighted by Crippen LogP contribution is 2.15. The zero-order chi connectivity index (χ0) is 12.1. The molecular weight excluding hydrogens is 216 g/mol. The van der Waals surface area contributed by atoms with Crippen molar-refractivity contribution in [3.05, 3.63) is 42.5 Å². The van der Waals surface area contributed by atoms with E-state index in [0.717, 1.165) is 17.1 Å². The van der Waals surface area contributed by atoms with Gasteiger partial charge in [-0.2, -0.15) is 0 Å². The summed E-state index contributed by atoms with van der Waals surface area (Å²) in [6.07, 6.45) is 3.71. The third-order valence-electron chi connectivity index (χ3n) is 2.37. The first kappa shape index (κ1) is 11.6. The summed E-state index contributed by atoms with van der Waals surface area (Å²) in [5, 5.41) is 0. The second-order valence-corrected chi connectivity index (χ2v) is 3.58. The van der Waals surface area contributed by atoms with Gasteiger partial charge in [0.25, 0.3) is 0 Å². The van der Waals surface area contributed by atoms with Crippen LogP contribution in [0.15, 0.2) is 36.8 Å². The summed E-state index contributed by atoms with van der Waals surface area (Å²) in [7, 11) is 0. The largest absolute Gasteiger partial charge is 0.494 e. The van der Waals surface area contributed by atoms with Crippen LogP contribution in [0, 0.1) is 0 Å². The van der Waals surface area contributed by atoms with E-state index in [1.165, 1.54) is 0 Å². The Bertz CT molecular complexity index is 464. The van der Waals surface area contributed by atoms with E-state index in [2.05, 4.69) is 10.4 Å². The molecule has 0 radical (unpaired) electrons. The fourth-order valence-electron chi connectivity index (χ4n) is 1.58. The number of rotatable bonds is 5. The molecule has 0 atom stereocenters. The van der Waals surface area contributed by atoms with Crippen LogP contribution in [0.2, 0.25) is 0 Å². The van der Waals surface area contributed by atoms with Crippen LogP contribution in [-0.2, 0) is 6.54 Å². The van der Waals surface area contributed by atoms with Crippen molar-refractivity contribution < 1.29 is 4.74 Å². The summed E-state index contributed by atoms with van der Waals surface area (Å²) in [5.74, 6) is 6.12. The van der Waals surface area contributed by atoms with Gasteiger partial charge in [-0.15, -0.1) is 0 Å². The standard InChI is InChI=1S/C12H16N4O/c1-2-17-12-5-3-11(4-6-12)16-8-10(7-15-13)14-9-16/h3-6,8-9,15H,2,7,13H2,1H3. The molecule has 2 rings (SSSR count). The first-order valence-corrected chi connectivity index (χ1v) is 5.53. The Morgan fingerprint density at radius 1 is 1.35 bits per heavy atom. The SMILES string of the molecule is CCOc1ccc(-n2cnc(CNN)c2)cc1. The molecule has 0 fully saturated rings. The molecule has 17 heavy (non-hydrogen) atoms. The van der Waals surface area contributed by atoms with Crippen molar-refractivity contribution in [2.24, 2.45) is 5.84 Å². The van der Waals surface area contributed by atoms with Gasteiger partial charge in [0.2, 0.25) is 0 Å². The topological polar surface area (TPSA) is 65.1 Å². The Labute approximate surface area is 100 Å². The van der Waals surface area contributed by atoms with Crippen molar-refractivity contribution in [1.29, 1.82) is 0 Å². The molecule has 2 aromatic rings. The molecule has 1 aromatic carbocycles. The van der Waals surface area contributed by atoms with Gasteiger partial charge in [-0.25, -0.2) is 4.98 Å². The van der Waals surface area contributed by atoms with Gasteiger partial charge < -0.3 is 9.30 Å². The van der Waals surface area contributed by atoms with E-state index in [4.69, 9.17) is 10.6 Å². The number of hydrazine groups is 1. The van der Waals surface area contributed by atoms with Gasteiger partial charge in [0, 0.05) is 11.9 Å². The number of nitrogens with zero attached hydrogens (tertiary/aromatic N) is 2. The minimum Gasteiger partial charge on any atom is -0.494 e. The van der Waals surface area contributed by atoms with E-state index in [1.807, 2.05) is 42.0 Å². The number of ether oxygens (including phenoxy) is 1. The molecule has 5 nitrogen and oxygen atoms in total. The molecule has 0 aliphatic rings. The molecule has 0 aliphatic heterocycles. The van der Waals surface area contributed by atoms with Crippen LogP contribution < -0.4 is 16.0 Å². The quantitative estimate of drug-likeness (QED) is 0.601. The minimum atomic E-state index is 0.560. The lowest BCUT2D eigenvalue weighted by molar-refractivity contribution is 0.340. The number of imidazole rings is 1. The maximum Gasteiger partial charge on any atom is 0.119 e. The maximum absolute atomic E-state index is 5.39. The lowest BCUT2D eigenvalue weighted by atomic mass is 10.3. The number of hydrogen-bond acceptors (Lipinski definition) is 4. The Kier molecular flexibility index (Phi) is 3.74. The molecule has 0 unspecified atom stereocenters. The van der Waals surface area contributed by atoms with Crippen LogP contribution in [0.1, 0.15) is 12.6 Å². The van der Waals surface area contributed by atoms with Crippen LogP contribution in [0.5, 0.6) is 5.75 Å². The highest BCUT2D eigenvalue weighted by Gasteiger charge is 2.00. The van der Waals surface area contributed by atoms with E-state index in [-0.39, 0.29) is 0 Å². The smallest absolute Gasteiger partial charge is 0.119 e. The number of hydrogen-bond donors (Lipinski definition) is 2.